The second-order valence-electron chi connectivity index (χ2n) is 8.94. The molecule has 2 aliphatic carbocycles. The van der Waals surface area contributed by atoms with E-state index in [4.69, 9.17) is 4.74 Å². The van der Waals surface area contributed by atoms with Crippen LogP contribution in [-0.2, 0) is 4.74 Å². The van der Waals surface area contributed by atoms with Crippen LogP contribution in [0, 0.1) is 28.6 Å². The van der Waals surface area contributed by atoms with Crippen LogP contribution in [0.15, 0.2) is 12.2 Å². The van der Waals surface area contributed by atoms with Crippen LogP contribution < -0.4 is 0 Å². The summed E-state index contributed by atoms with van der Waals surface area (Å²) in [4.78, 5) is 0. The summed E-state index contributed by atoms with van der Waals surface area (Å²) in [6, 6.07) is 0. The molecule has 2 rings (SSSR count). The number of aliphatic hydroxyl groups excluding tert-OH is 1. The van der Waals surface area contributed by atoms with Gasteiger partial charge in [-0.3, -0.25) is 0 Å². The molecular weight excluding hydrogens is 284 g/mol. The molecule has 23 heavy (non-hydrogen) atoms. The molecule has 0 radical (unpaired) electrons. The third kappa shape index (κ3) is 3.85. The number of allylic oxidation sites excluding steroid dienone is 1. The lowest BCUT2D eigenvalue weighted by Crippen LogP contribution is -2.51. The minimum absolute atomic E-state index is 0.119. The fraction of sp³-hybridized carbons (Fsp3) is 0.905. The van der Waals surface area contributed by atoms with Gasteiger partial charge in [-0.25, -0.2) is 0 Å². The third-order valence-electron chi connectivity index (χ3n) is 7.27. The van der Waals surface area contributed by atoms with Gasteiger partial charge in [-0.2, -0.15) is 0 Å². The highest BCUT2D eigenvalue weighted by molar-refractivity contribution is 5.16. The first kappa shape index (κ1) is 19.0. The van der Waals surface area contributed by atoms with E-state index in [1.165, 1.54) is 44.1 Å². The normalized spacial score (nSPS) is 39.1. The van der Waals surface area contributed by atoms with Crippen LogP contribution in [0.5, 0.6) is 0 Å². The quantitative estimate of drug-likeness (QED) is 0.652. The number of rotatable bonds is 7. The van der Waals surface area contributed by atoms with Gasteiger partial charge in [-0.15, -0.1) is 0 Å². The van der Waals surface area contributed by atoms with Crippen LogP contribution in [0.2, 0.25) is 0 Å². The Balaban J connectivity index is 2.09. The molecule has 0 aromatic carbocycles. The maximum Gasteiger partial charge on any atom is 0.0487 e. The highest BCUT2D eigenvalue weighted by Crippen LogP contribution is 2.61. The molecule has 2 nitrogen and oxygen atoms in total. The number of ether oxygens (including phenoxy) is 1. The lowest BCUT2D eigenvalue weighted by Gasteiger charge is -2.58. The number of methoxy groups -OCH3 is 1. The van der Waals surface area contributed by atoms with Gasteiger partial charge in [0.2, 0.25) is 0 Å². The summed E-state index contributed by atoms with van der Waals surface area (Å²) in [6.07, 6.45) is 9.83. The molecule has 0 aromatic rings. The van der Waals surface area contributed by atoms with Gasteiger partial charge in [0.1, 0.15) is 0 Å². The first-order valence-electron chi connectivity index (χ1n) is 9.65. The van der Waals surface area contributed by atoms with E-state index in [1.54, 1.807) is 7.11 Å². The fourth-order valence-corrected chi connectivity index (χ4v) is 5.72. The zero-order chi connectivity index (χ0) is 17.1. The summed E-state index contributed by atoms with van der Waals surface area (Å²) in [6.45, 7) is 12.8. The van der Waals surface area contributed by atoms with E-state index >= 15 is 0 Å². The molecule has 1 N–H and O–H groups in total. The predicted molar refractivity (Wildman–Crippen MR) is 97.4 cm³/mol. The fourth-order valence-electron chi connectivity index (χ4n) is 5.72. The van der Waals surface area contributed by atoms with Crippen molar-refractivity contribution in [3.63, 3.8) is 0 Å². The van der Waals surface area contributed by atoms with E-state index in [-0.39, 0.29) is 5.41 Å². The smallest absolute Gasteiger partial charge is 0.0487 e. The molecule has 0 heterocycles. The molecule has 0 amide bonds. The molecular formula is C21H38O2. The van der Waals surface area contributed by atoms with Gasteiger partial charge >= 0.3 is 0 Å². The molecule has 2 heteroatoms. The van der Waals surface area contributed by atoms with E-state index in [0.717, 1.165) is 25.4 Å². The monoisotopic (exact) mass is 322 g/mol. The summed E-state index contributed by atoms with van der Waals surface area (Å²) in [5.74, 6) is 2.01. The van der Waals surface area contributed by atoms with Crippen molar-refractivity contribution in [1.29, 1.82) is 0 Å². The summed E-state index contributed by atoms with van der Waals surface area (Å²) >= 11 is 0. The highest BCUT2D eigenvalue weighted by Gasteiger charge is 2.53. The predicted octanol–water partition coefficient (Wildman–Crippen LogP) is 5.21. The molecule has 2 aliphatic rings. The van der Waals surface area contributed by atoms with Gasteiger partial charge in [0.15, 0.2) is 0 Å². The molecule has 0 aliphatic heterocycles. The Labute approximate surface area is 143 Å². The van der Waals surface area contributed by atoms with E-state index in [2.05, 4.69) is 27.4 Å². The van der Waals surface area contributed by atoms with Crippen molar-refractivity contribution in [2.24, 2.45) is 28.6 Å². The summed E-state index contributed by atoms with van der Waals surface area (Å²) in [7, 11) is 1.79. The van der Waals surface area contributed by atoms with Crippen LogP contribution in [0.25, 0.3) is 0 Å². The number of hydrogen-bond donors (Lipinski definition) is 1. The molecule has 0 spiro atoms. The number of fused-ring (bicyclic) bond motifs is 1. The van der Waals surface area contributed by atoms with E-state index in [0.29, 0.717) is 23.9 Å². The van der Waals surface area contributed by atoms with Gasteiger partial charge in [0, 0.05) is 20.3 Å². The van der Waals surface area contributed by atoms with Gasteiger partial charge in [-0.1, -0.05) is 45.8 Å². The second-order valence-corrected chi connectivity index (χ2v) is 8.94. The minimum atomic E-state index is 0.119. The molecule has 5 atom stereocenters. The van der Waals surface area contributed by atoms with Gasteiger partial charge in [0.25, 0.3) is 0 Å². The zero-order valence-electron chi connectivity index (χ0n) is 15.9. The standard InChI is InChI=1S/C21H38O2/c1-16(11-14-23-5)7-9-18-17(2)8-10-19-20(3,15-22)12-6-13-21(18,19)4/h16,18-19,22H,2,6-15H2,1,3-5H3. The van der Waals surface area contributed by atoms with Crippen LogP contribution in [-0.4, -0.2) is 25.4 Å². The van der Waals surface area contributed by atoms with E-state index in [9.17, 15) is 5.11 Å². The first-order valence-corrected chi connectivity index (χ1v) is 9.65. The van der Waals surface area contributed by atoms with Crippen LogP contribution in [0.1, 0.15) is 72.1 Å². The van der Waals surface area contributed by atoms with Gasteiger partial charge < -0.3 is 9.84 Å². The summed E-state index contributed by atoms with van der Waals surface area (Å²) in [5, 5.41) is 10.0. The van der Waals surface area contributed by atoms with Crippen molar-refractivity contribution in [1.82, 2.24) is 0 Å². The summed E-state index contributed by atoms with van der Waals surface area (Å²) in [5.41, 5.74) is 1.93. The Bertz CT molecular complexity index is 405. The van der Waals surface area contributed by atoms with E-state index in [1.807, 2.05) is 0 Å². The Morgan fingerprint density at radius 1 is 1.30 bits per heavy atom. The Hall–Kier alpha value is -0.340. The minimum Gasteiger partial charge on any atom is -0.396 e. The average molecular weight is 323 g/mol. The molecule has 2 fully saturated rings. The topological polar surface area (TPSA) is 29.5 Å². The van der Waals surface area contributed by atoms with Crippen molar-refractivity contribution in [3.8, 4) is 0 Å². The molecule has 5 unspecified atom stereocenters. The molecule has 0 saturated heterocycles. The lowest BCUT2D eigenvalue weighted by molar-refractivity contribution is -0.0868. The molecule has 134 valence electrons. The van der Waals surface area contributed by atoms with Crippen molar-refractivity contribution >= 4 is 0 Å². The van der Waals surface area contributed by atoms with Crippen molar-refractivity contribution in [2.75, 3.05) is 20.3 Å². The Kier molecular flexibility index (Phi) is 6.35. The number of hydrogen-bond acceptors (Lipinski definition) is 2. The van der Waals surface area contributed by atoms with E-state index < -0.39 is 0 Å². The maximum atomic E-state index is 10.0. The van der Waals surface area contributed by atoms with Crippen molar-refractivity contribution in [3.05, 3.63) is 12.2 Å². The Morgan fingerprint density at radius 3 is 2.70 bits per heavy atom. The molecule has 0 aromatic heterocycles. The van der Waals surface area contributed by atoms with Crippen LogP contribution in [0.4, 0.5) is 0 Å². The lowest BCUT2D eigenvalue weighted by atomic mass is 9.46. The van der Waals surface area contributed by atoms with Gasteiger partial charge in [0.05, 0.1) is 0 Å². The van der Waals surface area contributed by atoms with Crippen molar-refractivity contribution in [2.45, 2.75) is 72.1 Å². The largest absolute Gasteiger partial charge is 0.396 e. The van der Waals surface area contributed by atoms with Crippen molar-refractivity contribution < 1.29 is 9.84 Å². The first-order chi connectivity index (χ1) is 10.9. The maximum absolute atomic E-state index is 10.0. The van der Waals surface area contributed by atoms with Gasteiger partial charge in [-0.05, 0) is 67.1 Å². The molecule has 2 saturated carbocycles. The third-order valence-corrected chi connectivity index (χ3v) is 7.27. The Morgan fingerprint density at radius 2 is 2.04 bits per heavy atom. The van der Waals surface area contributed by atoms with Crippen LogP contribution in [0.3, 0.4) is 0 Å². The molecule has 0 bridgehead atoms. The average Bonchev–Trinajstić information content (AvgIpc) is 2.51. The van der Waals surface area contributed by atoms with Crippen LogP contribution >= 0.6 is 0 Å². The second kappa shape index (κ2) is 7.70. The highest BCUT2D eigenvalue weighted by atomic mass is 16.5. The zero-order valence-corrected chi connectivity index (χ0v) is 15.9. The summed E-state index contributed by atoms with van der Waals surface area (Å²) < 4.78 is 5.23. The SMILES string of the molecule is C=C1CCC2C(C)(CO)CCCC2(C)C1CCC(C)CCOC. The number of aliphatic hydroxyl groups is 1.